The smallest absolute Gasteiger partial charge is 0.327 e. The minimum absolute atomic E-state index is 0.157. The van der Waals surface area contributed by atoms with E-state index in [-0.39, 0.29) is 17.7 Å². The third kappa shape index (κ3) is 1.28. The lowest BCUT2D eigenvalue weighted by molar-refractivity contribution is -0.127. The van der Waals surface area contributed by atoms with Crippen LogP contribution in [-0.2, 0) is 17.8 Å². The molecule has 6 heteroatoms. The number of fused-ring (bicyclic) bond motifs is 4. The van der Waals surface area contributed by atoms with Crippen molar-refractivity contribution in [3.8, 4) is 5.75 Å². The fraction of sp³-hybridized carbons (Fsp3) is 0.286. The number of benzene rings is 1. The van der Waals surface area contributed by atoms with Crippen LogP contribution in [0.15, 0.2) is 18.2 Å². The number of aromatic hydroxyl groups is 1. The summed E-state index contributed by atoms with van der Waals surface area (Å²) in [5.41, 5.74) is 2.88. The number of rotatable bonds is 0. The van der Waals surface area contributed by atoms with Gasteiger partial charge in [-0.2, -0.15) is 0 Å². The Labute approximate surface area is 114 Å². The van der Waals surface area contributed by atoms with Gasteiger partial charge in [0.25, 0.3) is 5.91 Å². The van der Waals surface area contributed by atoms with E-state index in [1.165, 1.54) is 11.9 Å². The molecule has 1 aromatic heterocycles. The second-order valence-electron chi connectivity index (χ2n) is 5.34. The zero-order chi connectivity index (χ0) is 14.0. The van der Waals surface area contributed by atoms with E-state index in [1.54, 1.807) is 17.0 Å². The van der Waals surface area contributed by atoms with Gasteiger partial charge in [0, 0.05) is 30.1 Å². The second-order valence-corrected chi connectivity index (χ2v) is 5.34. The van der Waals surface area contributed by atoms with Crippen molar-refractivity contribution >= 4 is 22.8 Å². The molecule has 6 nitrogen and oxygen atoms in total. The van der Waals surface area contributed by atoms with Crippen LogP contribution >= 0.6 is 0 Å². The topological polar surface area (TPSA) is 76.6 Å². The molecule has 1 saturated heterocycles. The molecular formula is C14H13N3O3. The maximum atomic E-state index is 12.1. The molecule has 4 rings (SSSR count). The molecule has 3 amide bonds. The molecule has 2 aliphatic heterocycles. The number of carbonyl (C=O) groups excluding carboxylic acids is 2. The Morgan fingerprint density at radius 3 is 2.95 bits per heavy atom. The van der Waals surface area contributed by atoms with Crippen LogP contribution in [0, 0.1) is 0 Å². The lowest BCUT2D eigenvalue weighted by Gasteiger charge is -2.26. The largest absolute Gasteiger partial charge is 0.508 e. The highest BCUT2D eigenvalue weighted by Gasteiger charge is 2.46. The maximum Gasteiger partial charge on any atom is 0.327 e. The van der Waals surface area contributed by atoms with Crippen LogP contribution in [0.2, 0.25) is 0 Å². The molecule has 1 unspecified atom stereocenters. The molecule has 2 aliphatic rings. The van der Waals surface area contributed by atoms with E-state index in [9.17, 15) is 14.7 Å². The van der Waals surface area contributed by atoms with Gasteiger partial charge in [-0.05, 0) is 23.8 Å². The van der Waals surface area contributed by atoms with Gasteiger partial charge in [-0.25, -0.2) is 4.79 Å². The van der Waals surface area contributed by atoms with Crippen LogP contribution in [0.4, 0.5) is 4.79 Å². The number of imide groups is 1. The average molecular weight is 271 g/mol. The Morgan fingerprint density at radius 1 is 1.35 bits per heavy atom. The Morgan fingerprint density at radius 2 is 2.15 bits per heavy atom. The zero-order valence-electron chi connectivity index (χ0n) is 10.9. The van der Waals surface area contributed by atoms with Crippen LogP contribution in [0.3, 0.4) is 0 Å². The van der Waals surface area contributed by atoms with Crippen LogP contribution in [0.5, 0.6) is 5.75 Å². The molecule has 1 atom stereocenters. The number of urea groups is 1. The summed E-state index contributed by atoms with van der Waals surface area (Å²) in [7, 11) is 1.52. The first-order chi connectivity index (χ1) is 9.56. The lowest BCUT2D eigenvalue weighted by Crippen LogP contribution is -2.39. The van der Waals surface area contributed by atoms with E-state index in [2.05, 4.69) is 4.98 Å². The van der Waals surface area contributed by atoms with E-state index in [4.69, 9.17) is 0 Å². The van der Waals surface area contributed by atoms with Crippen molar-refractivity contribution in [3.05, 3.63) is 29.5 Å². The highest BCUT2D eigenvalue weighted by Crippen LogP contribution is 2.34. The Kier molecular flexibility index (Phi) is 2.00. The third-order valence-corrected chi connectivity index (χ3v) is 4.23. The molecule has 2 N–H and O–H groups in total. The molecule has 2 aromatic rings. The molecule has 20 heavy (non-hydrogen) atoms. The van der Waals surface area contributed by atoms with Crippen LogP contribution < -0.4 is 0 Å². The van der Waals surface area contributed by atoms with Crippen molar-refractivity contribution in [1.29, 1.82) is 0 Å². The molecule has 0 bridgehead atoms. The highest BCUT2D eigenvalue weighted by atomic mass is 16.3. The van der Waals surface area contributed by atoms with Gasteiger partial charge in [0.15, 0.2) is 0 Å². The van der Waals surface area contributed by atoms with Crippen molar-refractivity contribution in [1.82, 2.24) is 14.8 Å². The predicted molar refractivity (Wildman–Crippen MR) is 71.2 cm³/mol. The van der Waals surface area contributed by atoms with Crippen molar-refractivity contribution < 1.29 is 14.7 Å². The molecule has 102 valence electrons. The number of nitrogens with zero attached hydrogens (tertiary/aromatic N) is 2. The van der Waals surface area contributed by atoms with E-state index in [0.29, 0.717) is 13.0 Å². The van der Waals surface area contributed by atoms with Gasteiger partial charge in [-0.1, -0.05) is 0 Å². The summed E-state index contributed by atoms with van der Waals surface area (Å²) in [5, 5.41) is 10.5. The molecular weight excluding hydrogens is 258 g/mol. The van der Waals surface area contributed by atoms with Crippen molar-refractivity contribution in [2.24, 2.45) is 0 Å². The molecule has 0 spiro atoms. The van der Waals surface area contributed by atoms with E-state index < -0.39 is 6.04 Å². The van der Waals surface area contributed by atoms with E-state index >= 15 is 0 Å². The summed E-state index contributed by atoms with van der Waals surface area (Å²) >= 11 is 0. The Bertz CT molecular complexity index is 764. The van der Waals surface area contributed by atoms with Gasteiger partial charge in [-0.3, -0.25) is 9.69 Å². The molecule has 0 radical (unpaired) electrons. The molecule has 0 aliphatic carbocycles. The number of hydrogen-bond acceptors (Lipinski definition) is 3. The summed E-state index contributed by atoms with van der Waals surface area (Å²) in [6.07, 6.45) is 0.494. The van der Waals surface area contributed by atoms with E-state index in [0.717, 1.165) is 22.2 Å². The quantitative estimate of drug-likeness (QED) is 0.707. The Balaban J connectivity index is 1.87. The number of phenolic OH excluding ortho intramolecular Hbond substituents is 1. The lowest BCUT2D eigenvalue weighted by atomic mass is 9.97. The SMILES string of the molecule is CN1C(=O)C2Cc3c([nH]c4ccc(O)cc34)CN2C1=O. The van der Waals surface area contributed by atoms with Gasteiger partial charge >= 0.3 is 6.03 Å². The normalized spacial score (nSPS) is 21.6. The van der Waals surface area contributed by atoms with Gasteiger partial charge in [0.2, 0.25) is 0 Å². The summed E-state index contributed by atoms with van der Waals surface area (Å²) in [5.74, 6) is 0.0443. The van der Waals surface area contributed by atoms with Crippen molar-refractivity contribution in [2.75, 3.05) is 7.05 Å². The minimum atomic E-state index is -0.415. The van der Waals surface area contributed by atoms with Crippen LogP contribution in [-0.4, -0.2) is 44.9 Å². The predicted octanol–water partition coefficient (Wildman–Crippen LogP) is 1.19. The summed E-state index contributed by atoms with van der Waals surface area (Å²) < 4.78 is 0. The molecule has 1 fully saturated rings. The fourth-order valence-electron chi connectivity index (χ4n) is 3.18. The molecule has 0 saturated carbocycles. The van der Waals surface area contributed by atoms with Crippen LogP contribution in [0.25, 0.3) is 10.9 Å². The molecule has 1 aromatic carbocycles. The number of likely N-dealkylation sites (N-methyl/N-ethyl adjacent to an activating group) is 1. The third-order valence-electron chi connectivity index (χ3n) is 4.23. The number of hydrogen-bond donors (Lipinski definition) is 2. The first-order valence-electron chi connectivity index (χ1n) is 6.47. The summed E-state index contributed by atoms with van der Waals surface area (Å²) in [6.45, 7) is 0.407. The number of carbonyl (C=O) groups is 2. The van der Waals surface area contributed by atoms with E-state index in [1.807, 2.05) is 6.07 Å². The van der Waals surface area contributed by atoms with Gasteiger partial charge < -0.3 is 15.0 Å². The van der Waals surface area contributed by atoms with Gasteiger partial charge in [0.1, 0.15) is 11.8 Å². The van der Waals surface area contributed by atoms with Gasteiger partial charge in [-0.15, -0.1) is 0 Å². The summed E-state index contributed by atoms with van der Waals surface area (Å²) in [4.78, 5) is 30.1. The number of aromatic nitrogens is 1. The maximum absolute atomic E-state index is 12.1. The summed E-state index contributed by atoms with van der Waals surface area (Å²) in [6, 6.07) is 4.47. The second kappa shape index (κ2) is 3.53. The highest BCUT2D eigenvalue weighted by molar-refractivity contribution is 6.04. The fourth-order valence-corrected chi connectivity index (χ4v) is 3.18. The van der Waals surface area contributed by atoms with Crippen LogP contribution in [0.1, 0.15) is 11.3 Å². The Hall–Kier alpha value is -2.50. The molecule has 3 heterocycles. The first-order valence-corrected chi connectivity index (χ1v) is 6.47. The first kappa shape index (κ1) is 11.3. The number of nitrogens with one attached hydrogen (secondary N) is 1. The van der Waals surface area contributed by atoms with Crippen molar-refractivity contribution in [3.63, 3.8) is 0 Å². The monoisotopic (exact) mass is 271 g/mol. The number of phenols is 1. The number of aromatic amines is 1. The zero-order valence-corrected chi connectivity index (χ0v) is 10.9. The number of H-pyrrole nitrogens is 1. The standard InChI is InChI=1S/C14H13N3O3/c1-16-13(19)12-5-9-8-4-7(18)2-3-10(8)15-11(9)6-17(12)14(16)20/h2-4,12,15,18H,5-6H2,1H3. The average Bonchev–Trinajstić information content (AvgIpc) is 2.89. The van der Waals surface area contributed by atoms with Gasteiger partial charge in [0.05, 0.1) is 6.54 Å². The van der Waals surface area contributed by atoms with Crippen molar-refractivity contribution in [2.45, 2.75) is 19.0 Å². The minimum Gasteiger partial charge on any atom is -0.508 e. The number of amides is 3.